The molecule has 26 heavy (non-hydrogen) atoms. The smallest absolute Gasteiger partial charge is 0.270 e. The molecule has 0 aliphatic carbocycles. The van der Waals surface area contributed by atoms with Gasteiger partial charge in [0.05, 0.1) is 16.2 Å². The first kappa shape index (κ1) is 17.6. The number of pyridine rings is 1. The third-order valence-electron chi connectivity index (χ3n) is 4.01. The number of hydrogen-bond donors (Lipinski definition) is 0. The average molecular weight is 369 g/mol. The van der Waals surface area contributed by atoms with Gasteiger partial charge in [-0.2, -0.15) is 0 Å². The van der Waals surface area contributed by atoms with Gasteiger partial charge >= 0.3 is 0 Å². The van der Waals surface area contributed by atoms with Crippen LogP contribution in [0.4, 0.5) is 5.69 Å². The topological polar surface area (TPSA) is 82.2 Å². The molecule has 7 heteroatoms. The zero-order valence-electron chi connectivity index (χ0n) is 13.7. The molecule has 0 bridgehead atoms. The van der Waals surface area contributed by atoms with Crippen molar-refractivity contribution in [1.29, 1.82) is 0 Å². The summed E-state index contributed by atoms with van der Waals surface area (Å²) in [6, 6.07) is 15.3. The van der Waals surface area contributed by atoms with Crippen molar-refractivity contribution >= 4 is 23.1 Å². The van der Waals surface area contributed by atoms with Gasteiger partial charge in [-0.1, -0.05) is 23.7 Å². The van der Waals surface area contributed by atoms with Crippen molar-refractivity contribution in [1.82, 2.24) is 4.57 Å². The number of halogens is 1. The van der Waals surface area contributed by atoms with Crippen LogP contribution in [0.5, 0.6) is 0 Å². The van der Waals surface area contributed by atoms with E-state index in [1.807, 2.05) is 0 Å². The van der Waals surface area contributed by atoms with Gasteiger partial charge in [0.15, 0.2) is 5.78 Å². The molecule has 2 aromatic carbocycles. The predicted octanol–water partition coefficient (Wildman–Crippen LogP) is 3.84. The molecule has 0 saturated carbocycles. The number of ketones is 1. The highest BCUT2D eigenvalue weighted by Crippen LogP contribution is 2.23. The molecule has 6 nitrogen and oxygen atoms in total. The minimum atomic E-state index is -0.500. The Kier molecular flexibility index (Phi) is 4.69. The normalized spacial score (nSPS) is 10.5. The van der Waals surface area contributed by atoms with Crippen LogP contribution in [0.3, 0.4) is 0 Å². The maximum absolute atomic E-state index is 12.6. The van der Waals surface area contributed by atoms with E-state index in [2.05, 4.69) is 0 Å². The number of carbonyl (C=O) groups is 1. The van der Waals surface area contributed by atoms with E-state index >= 15 is 0 Å². The van der Waals surface area contributed by atoms with Crippen LogP contribution in [0, 0.1) is 10.1 Å². The van der Waals surface area contributed by atoms with E-state index < -0.39 is 16.3 Å². The molecule has 0 fully saturated rings. The Morgan fingerprint density at radius 3 is 2.42 bits per heavy atom. The fourth-order valence-corrected chi connectivity index (χ4v) is 2.76. The van der Waals surface area contributed by atoms with Crippen LogP contribution in [0.2, 0.25) is 5.02 Å². The van der Waals surface area contributed by atoms with Gasteiger partial charge in [0, 0.05) is 35.3 Å². The van der Waals surface area contributed by atoms with Gasteiger partial charge in [0.2, 0.25) is 0 Å². The molecule has 0 atom stereocenters. The summed E-state index contributed by atoms with van der Waals surface area (Å²) in [7, 11) is 1.52. The monoisotopic (exact) mass is 368 g/mol. The Bertz CT molecular complexity index is 1070. The van der Waals surface area contributed by atoms with E-state index in [9.17, 15) is 19.7 Å². The minimum absolute atomic E-state index is 0.0176. The second-order valence-electron chi connectivity index (χ2n) is 5.64. The molecule has 0 unspecified atom stereocenters. The lowest BCUT2D eigenvalue weighted by molar-refractivity contribution is -0.384. The number of aromatic nitrogens is 1. The highest BCUT2D eigenvalue weighted by atomic mass is 35.5. The molecule has 1 heterocycles. The first-order valence-electron chi connectivity index (χ1n) is 7.63. The summed E-state index contributed by atoms with van der Waals surface area (Å²) in [5.41, 5.74) is 0.819. The van der Waals surface area contributed by atoms with Crippen molar-refractivity contribution in [2.24, 2.45) is 7.05 Å². The molecule has 0 amide bonds. The summed E-state index contributed by atoms with van der Waals surface area (Å²) in [5, 5.41) is 11.4. The summed E-state index contributed by atoms with van der Waals surface area (Å²) in [4.78, 5) is 35.7. The number of benzene rings is 2. The summed E-state index contributed by atoms with van der Waals surface area (Å²) < 4.78 is 1.31. The number of hydrogen-bond acceptors (Lipinski definition) is 4. The lowest BCUT2D eigenvalue weighted by Crippen LogP contribution is -2.25. The standard InChI is InChI=1S/C19H13ClN2O4/c1-21-17(13-3-2-4-15(11-13)22(25)26)10-9-16(19(21)24)18(23)12-5-7-14(20)8-6-12/h2-11H,1H3. The van der Waals surface area contributed by atoms with Crippen LogP contribution in [-0.4, -0.2) is 15.3 Å². The minimum Gasteiger partial charge on any atom is -0.311 e. The number of non-ortho nitro benzene ring substituents is 1. The average Bonchev–Trinajstić information content (AvgIpc) is 2.64. The molecular formula is C19H13ClN2O4. The summed E-state index contributed by atoms with van der Waals surface area (Å²) >= 11 is 5.82. The zero-order valence-corrected chi connectivity index (χ0v) is 14.4. The van der Waals surface area contributed by atoms with Crippen molar-refractivity contribution in [3.63, 3.8) is 0 Å². The van der Waals surface area contributed by atoms with Gasteiger partial charge in [-0.25, -0.2) is 0 Å². The molecule has 3 aromatic rings. The van der Waals surface area contributed by atoms with Gasteiger partial charge in [-0.15, -0.1) is 0 Å². The van der Waals surface area contributed by atoms with E-state index in [4.69, 9.17) is 11.6 Å². The highest BCUT2D eigenvalue weighted by Gasteiger charge is 2.17. The van der Waals surface area contributed by atoms with Crippen molar-refractivity contribution in [2.75, 3.05) is 0 Å². The molecule has 0 aliphatic rings. The van der Waals surface area contributed by atoms with Gasteiger partial charge in [-0.05, 0) is 36.4 Å². The van der Waals surface area contributed by atoms with Gasteiger partial charge in [0.1, 0.15) is 0 Å². The SMILES string of the molecule is Cn1c(-c2cccc([N+](=O)[O-])c2)ccc(C(=O)c2ccc(Cl)cc2)c1=O. The Morgan fingerprint density at radius 2 is 1.77 bits per heavy atom. The van der Waals surface area contributed by atoms with Gasteiger partial charge in [0.25, 0.3) is 11.2 Å². The van der Waals surface area contributed by atoms with Crippen LogP contribution in [0.1, 0.15) is 15.9 Å². The highest BCUT2D eigenvalue weighted by molar-refractivity contribution is 6.30. The molecule has 3 rings (SSSR count). The number of nitro benzene ring substituents is 1. The maximum atomic E-state index is 12.6. The number of nitrogens with zero attached hydrogens (tertiary/aromatic N) is 2. The third kappa shape index (κ3) is 3.27. The van der Waals surface area contributed by atoms with Gasteiger partial charge < -0.3 is 4.57 Å². The Hall–Kier alpha value is -3.25. The Balaban J connectivity index is 2.05. The fraction of sp³-hybridized carbons (Fsp3) is 0.0526. The quantitative estimate of drug-likeness (QED) is 0.398. The number of carbonyl (C=O) groups excluding carboxylic acids is 1. The van der Waals surface area contributed by atoms with Crippen LogP contribution in [-0.2, 0) is 7.05 Å². The third-order valence-corrected chi connectivity index (χ3v) is 4.26. The second-order valence-corrected chi connectivity index (χ2v) is 6.08. The molecule has 130 valence electrons. The molecule has 1 aromatic heterocycles. The summed E-state index contributed by atoms with van der Waals surface area (Å²) in [5.74, 6) is -0.409. The van der Waals surface area contributed by atoms with E-state index in [1.54, 1.807) is 42.5 Å². The molecule has 0 radical (unpaired) electrons. The molecule has 0 aliphatic heterocycles. The van der Waals surface area contributed by atoms with Crippen LogP contribution >= 0.6 is 11.6 Å². The second kappa shape index (κ2) is 6.93. The predicted molar refractivity (Wildman–Crippen MR) is 98.7 cm³/mol. The first-order chi connectivity index (χ1) is 12.4. The Morgan fingerprint density at radius 1 is 1.08 bits per heavy atom. The van der Waals surface area contributed by atoms with E-state index in [1.165, 1.54) is 29.8 Å². The summed E-state index contributed by atoms with van der Waals surface area (Å²) in [6.45, 7) is 0. The molecular weight excluding hydrogens is 356 g/mol. The molecule has 0 N–H and O–H groups in total. The Labute approximate surface area is 153 Å². The van der Waals surface area contributed by atoms with Crippen LogP contribution in [0.15, 0.2) is 65.5 Å². The molecule has 0 saturated heterocycles. The lowest BCUT2D eigenvalue weighted by atomic mass is 10.0. The van der Waals surface area contributed by atoms with Crippen LogP contribution in [0.25, 0.3) is 11.3 Å². The van der Waals surface area contributed by atoms with Gasteiger partial charge in [-0.3, -0.25) is 19.7 Å². The fourth-order valence-electron chi connectivity index (χ4n) is 2.63. The van der Waals surface area contributed by atoms with Crippen LogP contribution < -0.4 is 5.56 Å². The maximum Gasteiger partial charge on any atom is 0.270 e. The van der Waals surface area contributed by atoms with E-state index in [0.717, 1.165) is 0 Å². The van der Waals surface area contributed by atoms with Crippen molar-refractivity contribution in [3.05, 3.63) is 97.3 Å². The lowest BCUT2D eigenvalue weighted by Gasteiger charge is -2.10. The van der Waals surface area contributed by atoms with Crippen molar-refractivity contribution in [3.8, 4) is 11.3 Å². The summed E-state index contributed by atoms with van der Waals surface area (Å²) in [6.07, 6.45) is 0. The molecule has 0 spiro atoms. The first-order valence-corrected chi connectivity index (χ1v) is 8.01. The zero-order chi connectivity index (χ0) is 18.8. The van der Waals surface area contributed by atoms with Crippen molar-refractivity contribution in [2.45, 2.75) is 0 Å². The number of nitro groups is 1. The largest absolute Gasteiger partial charge is 0.311 e. The van der Waals surface area contributed by atoms with E-state index in [-0.39, 0.29) is 11.3 Å². The number of rotatable bonds is 4. The van der Waals surface area contributed by atoms with Crippen molar-refractivity contribution < 1.29 is 9.72 Å². The van der Waals surface area contributed by atoms with E-state index in [0.29, 0.717) is 21.8 Å².